The average Bonchev–Trinajstić information content (AvgIpc) is 2.37. The number of carbonyl (C=O) groups excluding carboxylic acids is 1. The lowest BCUT2D eigenvalue weighted by molar-refractivity contribution is 0.0940. The molecule has 1 aromatic carbocycles. The lowest BCUT2D eigenvalue weighted by atomic mass is 10.1. The molecule has 1 rings (SSSR count). The van der Waals surface area contributed by atoms with Gasteiger partial charge in [0.25, 0.3) is 5.91 Å². The summed E-state index contributed by atoms with van der Waals surface area (Å²) >= 11 is 3.31. The lowest BCUT2D eigenvalue weighted by Gasteiger charge is -2.14. The van der Waals surface area contributed by atoms with E-state index in [9.17, 15) is 4.79 Å². The molecule has 5 heteroatoms. The molecule has 1 unspecified atom stereocenters. The number of methoxy groups -OCH3 is 2. The fourth-order valence-corrected chi connectivity index (χ4v) is 1.57. The molecular weight excluding hydrogens is 286 g/mol. The molecule has 0 fully saturated rings. The van der Waals surface area contributed by atoms with Crippen LogP contribution in [0.5, 0.6) is 11.5 Å². The maximum atomic E-state index is 12.0. The molecule has 0 bridgehead atoms. The van der Waals surface area contributed by atoms with Crippen LogP contribution in [0.4, 0.5) is 0 Å². The van der Waals surface area contributed by atoms with Crippen LogP contribution in [0.2, 0.25) is 0 Å². The molecule has 0 aliphatic rings. The molecule has 0 heterocycles. The first kappa shape index (κ1) is 13.8. The van der Waals surface area contributed by atoms with Crippen molar-refractivity contribution in [3.8, 4) is 11.5 Å². The van der Waals surface area contributed by atoms with Crippen LogP contribution in [0.3, 0.4) is 0 Å². The van der Waals surface area contributed by atoms with Gasteiger partial charge in [-0.05, 0) is 19.1 Å². The summed E-state index contributed by atoms with van der Waals surface area (Å²) in [5.41, 5.74) is 0.472. The van der Waals surface area contributed by atoms with Gasteiger partial charge in [-0.15, -0.1) is 0 Å². The third-order valence-corrected chi connectivity index (χ3v) is 3.23. The van der Waals surface area contributed by atoms with Gasteiger partial charge < -0.3 is 14.8 Å². The molecule has 94 valence electrons. The quantitative estimate of drug-likeness (QED) is 0.848. The summed E-state index contributed by atoms with van der Waals surface area (Å²) in [6.07, 6.45) is 0. The molecule has 0 aromatic heterocycles. The van der Waals surface area contributed by atoms with Gasteiger partial charge in [-0.2, -0.15) is 0 Å². The van der Waals surface area contributed by atoms with E-state index in [1.165, 1.54) is 7.11 Å². The van der Waals surface area contributed by atoms with E-state index in [-0.39, 0.29) is 11.9 Å². The van der Waals surface area contributed by atoms with Crippen LogP contribution in [0, 0.1) is 0 Å². The van der Waals surface area contributed by atoms with E-state index in [4.69, 9.17) is 9.47 Å². The Morgan fingerprint density at radius 2 is 2.12 bits per heavy atom. The Balaban J connectivity index is 3.00. The predicted molar refractivity (Wildman–Crippen MR) is 70.3 cm³/mol. The highest BCUT2D eigenvalue weighted by atomic mass is 79.9. The van der Waals surface area contributed by atoms with E-state index in [2.05, 4.69) is 21.2 Å². The van der Waals surface area contributed by atoms with Crippen molar-refractivity contribution in [1.29, 1.82) is 0 Å². The first-order valence-electron chi connectivity index (χ1n) is 5.21. The molecule has 0 aliphatic carbocycles. The minimum Gasteiger partial charge on any atom is -0.493 e. The number of carbonyl (C=O) groups is 1. The second kappa shape index (κ2) is 6.49. The van der Waals surface area contributed by atoms with Crippen molar-refractivity contribution in [3.05, 3.63) is 23.8 Å². The summed E-state index contributed by atoms with van der Waals surface area (Å²) in [6, 6.07) is 5.27. The number of nitrogens with one attached hydrogen (secondary N) is 1. The van der Waals surface area contributed by atoms with Crippen LogP contribution in [0.1, 0.15) is 17.3 Å². The van der Waals surface area contributed by atoms with Crippen molar-refractivity contribution in [1.82, 2.24) is 5.32 Å². The van der Waals surface area contributed by atoms with Crippen LogP contribution in [-0.2, 0) is 0 Å². The van der Waals surface area contributed by atoms with Gasteiger partial charge in [-0.3, -0.25) is 4.79 Å². The zero-order valence-corrected chi connectivity index (χ0v) is 11.7. The highest BCUT2D eigenvalue weighted by molar-refractivity contribution is 9.09. The molecule has 1 N–H and O–H groups in total. The van der Waals surface area contributed by atoms with Crippen molar-refractivity contribution in [2.45, 2.75) is 13.0 Å². The Bertz CT molecular complexity index is 395. The number of benzene rings is 1. The van der Waals surface area contributed by atoms with E-state index >= 15 is 0 Å². The van der Waals surface area contributed by atoms with Gasteiger partial charge in [-0.1, -0.05) is 22.0 Å². The minimum absolute atomic E-state index is 0.0541. The van der Waals surface area contributed by atoms with Gasteiger partial charge in [-0.25, -0.2) is 0 Å². The number of rotatable bonds is 5. The summed E-state index contributed by atoms with van der Waals surface area (Å²) in [4.78, 5) is 12.0. The molecule has 0 radical (unpaired) electrons. The number of para-hydroxylation sites is 1. The largest absolute Gasteiger partial charge is 0.493 e. The van der Waals surface area contributed by atoms with Crippen LogP contribution >= 0.6 is 15.9 Å². The number of ether oxygens (including phenoxy) is 2. The zero-order chi connectivity index (χ0) is 12.8. The SMILES string of the molecule is COc1cccc(C(=O)NC(C)CBr)c1OC. The topological polar surface area (TPSA) is 47.6 Å². The highest BCUT2D eigenvalue weighted by Gasteiger charge is 2.17. The van der Waals surface area contributed by atoms with Gasteiger partial charge in [0.1, 0.15) is 0 Å². The Hall–Kier alpha value is -1.23. The normalized spacial score (nSPS) is 11.8. The number of alkyl halides is 1. The summed E-state index contributed by atoms with van der Waals surface area (Å²) < 4.78 is 10.4. The Morgan fingerprint density at radius 3 is 2.65 bits per heavy atom. The van der Waals surface area contributed by atoms with Crippen molar-refractivity contribution in [3.63, 3.8) is 0 Å². The standard InChI is InChI=1S/C12H16BrNO3/c1-8(7-13)14-12(15)9-5-4-6-10(16-2)11(9)17-3/h4-6,8H,7H2,1-3H3,(H,14,15). The highest BCUT2D eigenvalue weighted by Crippen LogP contribution is 2.30. The molecule has 0 aliphatic heterocycles. The Morgan fingerprint density at radius 1 is 1.41 bits per heavy atom. The number of halogens is 1. The average molecular weight is 302 g/mol. The summed E-state index contributed by atoms with van der Waals surface area (Å²) in [5, 5.41) is 3.55. The molecule has 1 atom stereocenters. The van der Waals surface area contributed by atoms with Crippen molar-refractivity contribution >= 4 is 21.8 Å². The second-order valence-corrected chi connectivity index (χ2v) is 4.22. The fourth-order valence-electron chi connectivity index (χ4n) is 1.41. The lowest BCUT2D eigenvalue weighted by Crippen LogP contribution is -2.33. The summed E-state index contributed by atoms with van der Waals surface area (Å²) in [6.45, 7) is 1.92. The Labute approximate surface area is 109 Å². The zero-order valence-electron chi connectivity index (χ0n) is 10.1. The van der Waals surface area contributed by atoms with Crippen LogP contribution in [0.15, 0.2) is 18.2 Å². The van der Waals surface area contributed by atoms with E-state index in [0.29, 0.717) is 22.4 Å². The number of hydrogen-bond donors (Lipinski definition) is 1. The van der Waals surface area contributed by atoms with Crippen molar-refractivity contribution in [2.75, 3.05) is 19.5 Å². The first-order valence-corrected chi connectivity index (χ1v) is 6.34. The third-order valence-electron chi connectivity index (χ3n) is 2.26. The van der Waals surface area contributed by atoms with E-state index in [0.717, 1.165) is 0 Å². The smallest absolute Gasteiger partial charge is 0.255 e. The molecule has 1 aromatic rings. The number of amides is 1. The second-order valence-electron chi connectivity index (χ2n) is 3.57. The van der Waals surface area contributed by atoms with Crippen LogP contribution in [0.25, 0.3) is 0 Å². The van der Waals surface area contributed by atoms with Gasteiger partial charge in [0, 0.05) is 11.4 Å². The van der Waals surface area contributed by atoms with Gasteiger partial charge >= 0.3 is 0 Å². The molecule has 17 heavy (non-hydrogen) atoms. The van der Waals surface area contributed by atoms with Crippen LogP contribution < -0.4 is 14.8 Å². The third kappa shape index (κ3) is 3.36. The molecule has 4 nitrogen and oxygen atoms in total. The fraction of sp³-hybridized carbons (Fsp3) is 0.417. The number of hydrogen-bond acceptors (Lipinski definition) is 3. The minimum atomic E-state index is -0.173. The van der Waals surface area contributed by atoms with Gasteiger partial charge in [0.05, 0.1) is 19.8 Å². The van der Waals surface area contributed by atoms with E-state index in [1.807, 2.05) is 6.92 Å². The summed E-state index contributed by atoms with van der Waals surface area (Å²) in [5.74, 6) is 0.827. The monoisotopic (exact) mass is 301 g/mol. The summed E-state index contributed by atoms with van der Waals surface area (Å²) in [7, 11) is 3.06. The molecule has 0 saturated carbocycles. The van der Waals surface area contributed by atoms with Gasteiger partial charge in [0.2, 0.25) is 0 Å². The molecular formula is C12H16BrNO3. The van der Waals surface area contributed by atoms with Crippen molar-refractivity contribution in [2.24, 2.45) is 0 Å². The van der Waals surface area contributed by atoms with E-state index < -0.39 is 0 Å². The maximum absolute atomic E-state index is 12.0. The molecule has 0 spiro atoms. The van der Waals surface area contributed by atoms with Crippen molar-refractivity contribution < 1.29 is 14.3 Å². The van der Waals surface area contributed by atoms with E-state index in [1.54, 1.807) is 25.3 Å². The van der Waals surface area contributed by atoms with Crippen LogP contribution in [-0.4, -0.2) is 31.5 Å². The molecule has 0 saturated heterocycles. The predicted octanol–water partition coefficient (Wildman–Crippen LogP) is 2.22. The maximum Gasteiger partial charge on any atom is 0.255 e. The molecule has 1 amide bonds. The first-order chi connectivity index (χ1) is 8.13. The van der Waals surface area contributed by atoms with Gasteiger partial charge in [0.15, 0.2) is 11.5 Å². The Kier molecular flexibility index (Phi) is 5.28.